The van der Waals surface area contributed by atoms with Crippen molar-refractivity contribution in [1.82, 2.24) is 9.97 Å². The van der Waals surface area contributed by atoms with E-state index in [4.69, 9.17) is 15.2 Å². The summed E-state index contributed by atoms with van der Waals surface area (Å²) in [5.41, 5.74) is 5.73. The highest BCUT2D eigenvalue weighted by atomic mass is 16.5. The van der Waals surface area contributed by atoms with Crippen LogP contribution in [-0.4, -0.2) is 36.3 Å². The van der Waals surface area contributed by atoms with Gasteiger partial charge in [-0.25, -0.2) is 9.97 Å². The predicted molar refractivity (Wildman–Crippen MR) is 76.0 cm³/mol. The molecule has 3 N–H and O–H groups in total. The number of hydrogen-bond donors (Lipinski definition) is 2. The number of nitrogens with two attached hydrogens (primary N) is 1. The Labute approximate surface area is 114 Å². The van der Waals surface area contributed by atoms with Gasteiger partial charge in [0.25, 0.3) is 0 Å². The van der Waals surface area contributed by atoms with E-state index in [0.717, 1.165) is 38.4 Å². The number of nitrogens with one attached hydrogen (secondary N) is 1. The zero-order chi connectivity index (χ0) is 13.9. The van der Waals surface area contributed by atoms with Crippen LogP contribution < -0.4 is 11.1 Å². The highest BCUT2D eigenvalue weighted by molar-refractivity contribution is 5.44. The Morgan fingerprint density at radius 1 is 1.21 bits per heavy atom. The molecule has 0 aliphatic heterocycles. The van der Waals surface area contributed by atoms with Crippen molar-refractivity contribution in [3.8, 4) is 0 Å². The third kappa shape index (κ3) is 6.93. The van der Waals surface area contributed by atoms with E-state index in [0.29, 0.717) is 24.9 Å². The quantitative estimate of drug-likeness (QED) is 0.630. The van der Waals surface area contributed by atoms with Crippen molar-refractivity contribution in [3.63, 3.8) is 0 Å². The number of anilines is 2. The second kappa shape index (κ2) is 9.52. The smallest absolute Gasteiger partial charge is 0.158 e. The van der Waals surface area contributed by atoms with E-state index in [1.165, 1.54) is 0 Å². The molecule has 1 aromatic rings. The number of nitrogen functional groups attached to an aromatic ring is 1. The maximum absolute atomic E-state index is 5.73. The summed E-state index contributed by atoms with van der Waals surface area (Å²) in [7, 11) is 0. The van der Waals surface area contributed by atoms with Crippen molar-refractivity contribution < 1.29 is 9.47 Å². The first-order valence-corrected chi connectivity index (χ1v) is 6.79. The molecule has 0 aromatic carbocycles. The van der Waals surface area contributed by atoms with E-state index in [-0.39, 0.29) is 0 Å². The summed E-state index contributed by atoms with van der Waals surface area (Å²) >= 11 is 0. The Balaban J connectivity index is 2.34. The molecule has 0 bridgehead atoms. The van der Waals surface area contributed by atoms with Crippen molar-refractivity contribution in [2.75, 3.05) is 37.4 Å². The number of aromatic nitrogens is 2. The second-order valence-corrected chi connectivity index (χ2v) is 4.12. The summed E-state index contributed by atoms with van der Waals surface area (Å²) in [6, 6.07) is 1.72. The maximum Gasteiger partial charge on any atom is 0.158 e. The van der Waals surface area contributed by atoms with Crippen molar-refractivity contribution in [2.45, 2.75) is 33.3 Å². The molecule has 6 nitrogen and oxygen atoms in total. The first-order valence-electron chi connectivity index (χ1n) is 6.79. The Kier molecular flexibility index (Phi) is 7.84. The van der Waals surface area contributed by atoms with Crippen LogP contribution in [0.3, 0.4) is 0 Å². The van der Waals surface area contributed by atoms with Crippen LogP contribution in [0.2, 0.25) is 0 Å². The zero-order valence-electron chi connectivity index (χ0n) is 11.8. The maximum atomic E-state index is 5.73. The molecule has 1 aromatic heterocycles. The standard InChI is InChI=1S/C13H24N4O2/c1-3-7-19-8-5-6-15-12-9-11(14)16-13(17-12)10-18-4-2/h9H,3-8,10H2,1-2H3,(H3,14,15,16,17). The number of rotatable bonds is 10. The van der Waals surface area contributed by atoms with E-state index in [2.05, 4.69) is 22.2 Å². The Morgan fingerprint density at radius 3 is 2.79 bits per heavy atom. The van der Waals surface area contributed by atoms with Crippen LogP contribution in [0.5, 0.6) is 0 Å². The van der Waals surface area contributed by atoms with Gasteiger partial charge in [0.15, 0.2) is 5.82 Å². The molecule has 0 atom stereocenters. The van der Waals surface area contributed by atoms with Crippen LogP contribution >= 0.6 is 0 Å². The lowest BCUT2D eigenvalue weighted by Crippen LogP contribution is -2.10. The predicted octanol–water partition coefficient (Wildman–Crippen LogP) is 1.82. The second-order valence-electron chi connectivity index (χ2n) is 4.12. The fourth-order valence-corrected chi connectivity index (χ4v) is 1.50. The molecular weight excluding hydrogens is 244 g/mol. The van der Waals surface area contributed by atoms with Crippen LogP contribution in [0.1, 0.15) is 32.5 Å². The molecule has 1 heterocycles. The number of nitrogens with zero attached hydrogens (tertiary/aromatic N) is 2. The minimum atomic E-state index is 0.385. The van der Waals surface area contributed by atoms with Crippen LogP contribution in [0.15, 0.2) is 6.07 Å². The molecule has 0 radical (unpaired) electrons. The molecule has 0 saturated heterocycles. The lowest BCUT2D eigenvalue weighted by atomic mass is 10.4. The fraction of sp³-hybridized carbons (Fsp3) is 0.692. The van der Waals surface area contributed by atoms with Crippen molar-refractivity contribution in [2.24, 2.45) is 0 Å². The Bertz CT molecular complexity index is 360. The third-order valence-electron chi connectivity index (χ3n) is 2.35. The molecule has 1 rings (SSSR count). The molecule has 0 fully saturated rings. The van der Waals surface area contributed by atoms with Gasteiger partial charge in [-0.3, -0.25) is 0 Å². The summed E-state index contributed by atoms with van der Waals surface area (Å²) in [4.78, 5) is 8.45. The largest absolute Gasteiger partial charge is 0.384 e. The topological polar surface area (TPSA) is 82.3 Å². The first-order chi connectivity index (χ1) is 9.26. The zero-order valence-corrected chi connectivity index (χ0v) is 11.8. The number of ether oxygens (including phenoxy) is 2. The van der Waals surface area contributed by atoms with E-state index in [1.807, 2.05) is 6.92 Å². The molecule has 0 amide bonds. The Hall–Kier alpha value is -1.40. The summed E-state index contributed by atoms with van der Waals surface area (Å²) in [5.74, 6) is 1.79. The van der Waals surface area contributed by atoms with Crippen LogP contribution in [0.4, 0.5) is 11.6 Å². The highest BCUT2D eigenvalue weighted by Gasteiger charge is 2.02. The fourth-order valence-electron chi connectivity index (χ4n) is 1.50. The summed E-state index contributed by atoms with van der Waals surface area (Å²) in [6.45, 7) is 7.43. The molecule has 0 aliphatic rings. The molecule has 0 spiro atoms. The van der Waals surface area contributed by atoms with Crippen molar-refractivity contribution in [3.05, 3.63) is 11.9 Å². The molecule has 0 saturated carbocycles. The van der Waals surface area contributed by atoms with Gasteiger partial charge in [0, 0.05) is 32.4 Å². The lowest BCUT2D eigenvalue weighted by molar-refractivity contribution is 0.128. The molecule has 0 aliphatic carbocycles. The minimum Gasteiger partial charge on any atom is -0.384 e. The van der Waals surface area contributed by atoms with Gasteiger partial charge in [-0.05, 0) is 19.8 Å². The first kappa shape index (κ1) is 15.7. The van der Waals surface area contributed by atoms with E-state index < -0.39 is 0 Å². The van der Waals surface area contributed by atoms with Crippen LogP contribution in [0, 0.1) is 0 Å². The van der Waals surface area contributed by atoms with Gasteiger partial charge >= 0.3 is 0 Å². The van der Waals surface area contributed by atoms with Gasteiger partial charge in [0.1, 0.15) is 18.2 Å². The van der Waals surface area contributed by atoms with E-state index in [9.17, 15) is 0 Å². The molecule has 0 unspecified atom stereocenters. The third-order valence-corrected chi connectivity index (χ3v) is 2.35. The lowest BCUT2D eigenvalue weighted by Gasteiger charge is -2.08. The van der Waals surface area contributed by atoms with Gasteiger partial charge in [0.05, 0.1) is 0 Å². The van der Waals surface area contributed by atoms with Crippen LogP contribution in [0.25, 0.3) is 0 Å². The molecule has 108 valence electrons. The molecular formula is C13H24N4O2. The summed E-state index contributed by atoms with van der Waals surface area (Å²) in [5, 5.41) is 3.21. The summed E-state index contributed by atoms with van der Waals surface area (Å²) < 4.78 is 10.7. The minimum absolute atomic E-state index is 0.385. The van der Waals surface area contributed by atoms with Crippen LogP contribution in [-0.2, 0) is 16.1 Å². The van der Waals surface area contributed by atoms with Gasteiger partial charge in [0.2, 0.25) is 0 Å². The molecule has 6 heteroatoms. The van der Waals surface area contributed by atoms with Crippen molar-refractivity contribution >= 4 is 11.6 Å². The van der Waals surface area contributed by atoms with Crippen molar-refractivity contribution in [1.29, 1.82) is 0 Å². The monoisotopic (exact) mass is 268 g/mol. The normalized spacial score (nSPS) is 10.6. The van der Waals surface area contributed by atoms with Gasteiger partial charge < -0.3 is 20.5 Å². The van der Waals surface area contributed by atoms with E-state index >= 15 is 0 Å². The van der Waals surface area contributed by atoms with E-state index in [1.54, 1.807) is 6.07 Å². The van der Waals surface area contributed by atoms with Gasteiger partial charge in [-0.15, -0.1) is 0 Å². The molecule has 19 heavy (non-hydrogen) atoms. The SMILES string of the molecule is CCCOCCCNc1cc(N)nc(COCC)n1. The summed E-state index contributed by atoms with van der Waals surface area (Å²) in [6.07, 6.45) is 1.99. The number of hydrogen-bond acceptors (Lipinski definition) is 6. The van der Waals surface area contributed by atoms with Gasteiger partial charge in [-0.2, -0.15) is 0 Å². The average Bonchev–Trinajstić information content (AvgIpc) is 2.40. The van der Waals surface area contributed by atoms with Gasteiger partial charge in [-0.1, -0.05) is 6.92 Å². The average molecular weight is 268 g/mol. The Morgan fingerprint density at radius 2 is 2.05 bits per heavy atom. The highest BCUT2D eigenvalue weighted by Crippen LogP contribution is 2.09.